The van der Waals surface area contributed by atoms with Crippen LogP contribution in [0.1, 0.15) is 63.8 Å². The average Bonchev–Trinajstić information content (AvgIpc) is 3.00. The SMILES string of the molecule is CCC(C)(C)NC(=O)COC(=O)c1ccc2c(c1)C(=O)N(CCc1ccccc1)C2=O. The number of fused-ring (bicyclic) bond motifs is 1. The summed E-state index contributed by atoms with van der Waals surface area (Å²) in [6.07, 6.45) is 1.28. The zero-order valence-corrected chi connectivity index (χ0v) is 17.9. The summed E-state index contributed by atoms with van der Waals surface area (Å²) in [6, 6.07) is 13.8. The molecule has 0 saturated carbocycles. The van der Waals surface area contributed by atoms with Crippen LogP contribution in [0.4, 0.5) is 0 Å². The number of benzene rings is 2. The highest BCUT2D eigenvalue weighted by Gasteiger charge is 2.35. The van der Waals surface area contributed by atoms with Crippen LogP contribution in [-0.4, -0.2) is 47.3 Å². The summed E-state index contributed by atoms with van der Waals surface area (Å²) in [4.78, 5) is 50.9. The maximum absolute atomic E-state index is 12.7. The Balaban J connectivity index is 1.64. The molecule has 0 radical (unpaired) electrons. The van der Waals surface area contributed by atoms with Gasteiger partial charge in [0.2, 0.25) is 0 Å². The van der Waals surface area contributed by atoms with Crippen molar-refractivity contribution < 1.29 is 23.9 Å². The molecule has 31 heavy (non-hydrogen) atoms. The first kappa shape index (κ1) is 22.2. The molecule has 0 aromatic heterocycles. The summed E-state index contributed by atoms with van der Waals surface area (Å²) >= 11 is 0. The predicted molar refractivity (Wildman–Crippen MR) is 115 cm³/mol. The second kappa shape index (κ2) is 9.12. The third-order valence-electron chi connectivity index (χ3n) is 5.37. The molecule has 0 aliphatic carbocycles. The minimum Gasteiger partial charge on any atom is -0.452 e. The first-order chi connectivity index (χ1) is 14.7. The first-order valence-electron chi connectivity index (χ1n) is 10.2. The lowest BCUT2D eigenvalue weighted by molar-refractivity contribution is -0.125. The van der Waals surface area contributed by atoms with Crippen molar-refractivity contribution in [1.82, 2.24) is 10.2 Å². The lowest BCUT2D eigenvalue weighted by Gasteiger charge is -2.24. The third-order valence-corrected chi connectivity index (χ3v) is 5.37. The van der Waals surface area contributed by atoms with Crippen molar-refractivity contribution in [2.75, 3.05) is 13.2 Å². The number of amides is 3. The Bertz CT molecular complexity index is 1010. The van der Waals surface area contributed by atoms with Gasteiger partial charge in [0.25, 0.3) is 17.7 Å². The second-order valence-corrected chi connectivity index (χ2v) is 8.12. The molecule has 3 rings (SSSR count). The topological polar surface area (TPSA) is 92.8 Å². The summed E-state index contributed by atoms with van der Waals surface area (Å²) in [6.45, 7) is 5.52. The highest BCUT2D eigenvalue weighted by atomic mass is 16.5. The molecule has 2 aromatic carbocycles. The van der Waals surface area contributed by atoms with Gasteiger partial charge in [-0.05, 0) is 50.5 Å². The van der Waals surface area contributed by atoms with Crippen molar-refractivity contribution in [3.63, 3.8) is 0 Å². The van der Waals surface area contributed by atoms with Crippen LogP contribution in [0.5, 0.6) is 0 Å². The predicted octanol–water partition coefficient (Wildman–Crippen LogP) is 2.99. The van der Waals surface area contributed by atoms with Gasteiger partial charge in [-0.3, -0.25) is 19.3 Å². The number of nitrogens with zero attached hydrogens (tertiary/aromatic N) is 1. The van der Waals surface area contributed by atoms with Gasteiger partial charge in [-0.15, -0.1) is 0 Å². The summed E-state index contributed by atoms with van der Waals surface area (Å²) in [5, 5.41) is 2.78. The molecular formula is C24H26N2O5. The molecule has 0 bridgehead atoms. The van der Waals surface area contributed by atoms with E-state index >= 15 is 0 Å². The molecule has 7 heteroatoms. The lowest BCUT2D eigenvalue weighted by atomic mass is 10.0. The summed E-state index contributed by atoms with van der Waals surface area (Å²) in [5.74, 6) is -1.94. The molecule has 0 spiro atoms. The molecule has 0 atom stereocenters. The molecule has 3 amide bonds. The Hall–Kier alpha value is -3.48. The highest BCUT2D eigenvalue weighted by Crippen LogP contribution is 2.24. The van der Waals surface area contributed by atoms with Crippen molar-refractivity contribution >= 4 is 23.7 Å². The van der Waals surface area contributed by atoms with Gasteiger partial charge in [0.05, 0.1) is 16.7 Å². The van der Waals surface area contributed by atoms with Crippen molar-refractivity contribution in [3.8, 4) is 0 Å². The number of carbonyl (C=O) groups excluding carboxylic acids is 4. The molecule has 1 N–H and O–H groups in total. The maximum Gasteiger partial charge on any atom is 0.338 e. The summed E-state index contributed by atoms with van der Waals surface area (Å²) < 4.78 is 5.07. The van der Waals surface area contributed by atoms with E-state index in [1.165, 1.54) is 23.1 Å². The van der Waals surface area contributed by atoms with Gasteiger partial charge >= 0.3 is 5.97 Å². The zero-order chi connectivity index (χ0) is 22.6. The highest BCUT2D eigenvalue weighted by molar-refractivity contribution is 6.22. The number of hydrogen-bond acceptors (Lipinski definition) is 5. The Morgan fingerprint density at radius 1 is 1.00 bits per heavy atom. The molecule has 0 fully saturated rings. The Morgan fingerprint density at radius 3 is 2.35 bits per heavy atom. The van der Waals surface area contributed by atoms with E-state index in [4.69, 9.17) is 4.74 Å². The smallest absolute Gasteiger partial charge is 0.338 e. The third kappa shape index (κ3) is 5.17. The van der Waals surface area contributed by atoms with E-state index in [1.54, 1.807) is 0 Å². The fraction of sp³-hybridized carbons (Fsp3) is 0.333. The second-order valence-electron chi connectivity index (χ2n) is 8.12. The number of imide groups is 1. The number of nitrogens with one attached hydrogen (secondary N) is 1. The lowest BCUT2D eigenvalue weighted by Crippen LogP contribution is -2.44. The first-order valence-corrected chi connectivity index (χ1v) is 10.2. The Morgan fingerprint density at radius 2 is 1.68 bits per heavy atom. The van der Waals surface area contributed by atoms with E-state index in [0.717, 1.165) is 12.0 Å². The van der Waals surface area contributed by atoms with E-state index in [2.05, 4.69) is 5.32 Å². The van der Waals surface area contributed by atoms with E-state index < -0.39 is 29.9 Å². The largest absolute Gasteiger partial charge is 0.452 e. The molecule has 0 unspecified atom stereocenters. The number of carbonyl (C=O) groups is 4. The van der Waals surface area contributed by atoms with Crippen LogP contribution in [-0.2, 0) is 16.0 Å². The quantitative estimate of drug-likeness (QED) is 0.522. The van der Waals surface area contributed by atoms with E-state index in [9.17, 15) is 19.2 Å². The van der Waals surface area contributed by atoms with Gasteiger partial charge in [0.1, 0.15) is 0 Å². The van der Waals surface area contributed by atoms with E-state index in [1.807, 2.05) is 51.1 Å². The number of hydrogen-bond donors (Lipinski definition) is 1. The van der Waals surface area contributed by atoms with Crippen LogP contribution < -0.4 is 5.32 Å². The van der Waals surface area contributed by atoms with Gasteiger partial charge < -0.3 is 10.1 Å². The van der Waals surface area contributed by atoms with Crippen LogP contribution in [0.2, 0.25) is 0 Å². The van der Waals surface area contributed by atoms with Crippen LogP contribution in [0.3, 0.4) is 0 Å². The number of rotatable bonds is 8. The fourth-order valence-corrected chi connectivity index (χ4v) is 3.22. The van der Waals surface area contributed by atoms with Crippen LogP contribution >= 0.6 is 0 Å². The van der Waals surface area contributed by atoms with Crippen molar-refractivity contribution in [2.24, 2.45) is 0 Å². The molecular weight excluding hydrogens is 396 g/mol. The van der Waals surface area contributed by atoms with Crippen LogP contribution in [0.25, 0.3) is 0 Å². The van der Waals surface area contributed by atoms with Crippen molar-refractivity contribution in [1.29, 1.82) is 0 Å². The molecule has 0 saturated heterocycles. The standard InChI is InChI=1S/C24H26N2O5/c1-4-24(2,3)25-20(27)15-31-23(30)17-10-11-18-19(14-17)22(29)26(21(18)28)13-12-16-8-6-5-7-9-16/h5-11,14H,4,12-13,15H2,1-3H3,(H,25,27). The van der Waals surface area contributed by atoms with Gasteiger partial charge in [-0.2, -0.15) is 0 Å². The van der Waals surface area contributed by atoms with Gasteiger partial charge in [0, 0.05) is 12.1 Å². The van der Waals surface area contributed by atoms with Crippen molar-refractivity contribution in [3.05, 3.63) is 70.8 Å². The van der Waals surface area contributed by atoms with Gasteiger partial charge in [0.15, 0.2) is 6.61 Å². The van der Waals surface area contributed by atoms with Crippen LogP contribution in [0, 0.1) is 0 Å². The molecule has 2 aromatic rings. The van der Waals surface area contributed by atoms with E-state index in [-0.39, 0.29) is 29.1 Å². The minimum absolute atomic E-state index is 0.118. The molecule has 7 nitrogen and oxygen atoms in total. The van der Waals surface area contributed by atoms with Gasteiger partial charge in [-0.1, -0.05) is 37.3 Å². The molecule has 162 valence electrons. The molecule has 1 aliphatic heterocycles. The number of esters is 1. The summed E-state index contributed by atoms with van der Waals surface area (Å²) in [5.41, 5.74) is 1.17. The minimum atomic E-state index is -0.727. The zero-order valence-electron chi connectivity index (χ0n) is 17.9. The fourth-order valence-electron chi connectivity index (χ4n) is 3.22. The van der Waals surface area contributed by atoms with Crippen LogP contribution in [0.15, 0.2) is 48.5 Å². The maximum atomic E-state index is 12.7. The van der Waals surface area contributed by atoms with Crippen molar-refractivity contribution in [2.45, 2.75) is 39.2 Å². The van der Waals surface area contributed by atoms with E-state index in [0.29, 0.717) is 6.42 Å². The van der Waals surface area contributed by atoms with Gasteiger partial charge in [-0.25, -0.2) is 4.79 Å². The number of ether oxygens (including phenoxy) is 1. The molecule has 1 aliphatic rings. The monoisotopic (exact) mass is 422 g/mol. The molecule has 1 heterocycles. The Kier molecular flexibility index (Phi) is 6.53. The normalized spacial score (nSPS) is 13.2. The Labute approximate surface area is 181 Å². The average molecular weight is 422 g/mol. The summed E-state index contributed by atoms with van der Waals surface area (Å²) in [7, 11) is 0.